The molecule has 0 bridgehead atoms. The number of rotatable bonds is 2. The third kappa shape index (κ3) is 1.86. The van der Waals surface area contributed by atoms with Gasteiger partial charge in [0.15, 0.2) is 0 Å². The topological polar surface area (TPSA) is 29.1 Å². The highest BCUT2D eigenvalue weighted by Crippen LogP contribution is 2.32. The van der Waals surface area contributed by atoms with Crippen molar-refractivity contribution in [1.29, 1.82) is 0 Å². The molecule has 1 aliphatic rings. The molecule has 1 fully saturated rings. The van der Waals surface area contributed by atoms with Crippen molar-refractivity contribution in [3.8, 4) is 0 Å². The minimum Gasteiger partial charge on any atom is -0.316 e. The monoisotopic (exact) mass is 169 g/mol. The Kier molecular flexibility index (Phi) is 2.89. The fourth-order valence-corrected chi connectivity index (χ4v) is 1.76. The Morgan fingerprint density at radius 2 is 2.17 bits per heavy atom. The molecule has 1 aliphatic heterocycles. The highest BCUT2D eigenvalue weighted by molar-refractivity contribution is 5.81. The van der Waals surface area contributed by atoms with Crippen LogP contribution in [0.15, 0.2) is 0 Å². The summed E-state index contributed by atoms with van der Waals surface area (Å²) in [5.74, 6) is 0.847. The Labute approximate surface area is 74.7 Å². The molecule has 0 saturated carbocycles. The van der Waals surface area contributed by atoms with E-state index >= 15 is 0 Å². The lowest BCUT2D eigenvalue weighted by atomic mass is 9.72. The van der Waals surface area contributed by atoms with Gasteiger partial charge in [0, 0.05) is 5.41 Å². The largest absolute Gasteiger partial charge is 0.316 e. The van der Waals surface area contributed by atoms with Gasteiger partial charge in [0.1, 0.15) is 5.78 Å². The maximum atomic E-state index is 11.3. The Balaban J connectivity index is 2.59. The molecule has 1 rings (SSSR count). The van der Waals surface area contributed by atoms with Crippen molar-refractivity contribution in [2.45, 2.75) is 33.6 Å². The van der Waals surface area contributed by atoms with Crippen LogP contribution in [-0.2, 0) is 4.79 Å². The smallest absolute Gasteiger partial charge is 0.135 e. The van der Waals surface area contributed by atoms with Gasteiger partial charge >= 0.3 is 0 Å². The Morgan fingerprint density at radius 3 is 2.58 bits per heavy atom. The number of hydrogen-bond donors (Lipinski definition) is 1. The average Bonchev–Trinajstić information content (AvgIpc) is 2.06. The van der Waals surface area contributed by atoms with Gasteiger partial charge in [-0.25, -0.2) is 0 Å². The van der Waals surface area contributed by atoms with E-state index in [1.807, 2.05) is 0 Å². The molecule has 0 amide bonds. The molecule has 2 nitrogen and oxygen atoms in total. The van der Waals surface area contributed by atoms with Gasteiger partial charge in [-0.15, -0.1) is 0 Å². The predicted octanol–water partition coefficient (Wildman–Crippen LogP) is 1.60. The van der Waals surface area contributed by atoms with E-state index in [1.54, 1.807) is 6.92 Å². The summed E-state index contributed by atoms with van der Waals surface area (Å²) in [6.07, 6.45) is 2.40. The molecule has 12 heavy (non-hydrogen) atoms. The average molecular weight is 169 g/mol. The van der Waals surface area contributed by atoms with Crippen molar-refractivity contribution in [2.75, 3.05) is 13.1 Å². The number of carbonyl (C=O) groups excluding carboxylic acids is 1. The van der Waals surface area contributed by atoms with Crippen LogP contribution >= 0.6 is 0 Å². The fourth-order valence-electron chi connectivity index (χ4n) is 1.76. The summed E-state index contributed by atoms with van der Waals surface area (Å²) in [5, 5.41) is 3.34. The first-order valence-corrected chi connectivity index (χ1v) is 4.77. The van der Waals surface area contributed by atoms with E-state index in [9.17, 15) is 4.79 Å². The lowest BCUT2D eigenvalue weighted by Crippen LogP contribution is -2.41. The SMILES string of the molecule is CC(=O)C(C)(C)C1CCCNC1. The highest BCUT2D eigenvalue weighted by Gasteiger charge is 2.34. The van der Waals surface area contributed by atoms with Crippen LogP contribution in [0.1, 0.15) is 33.6 Å². The van der Waals surface area contributed by atoms with E-state index in [1.165, 1.54) is 12.8 Å². The molecule has 0 aliphatic carbocycles. The molecular formula is C10H19NO. The summed E-state index contributed by atoms with van der Waals surface area (Å²) in [7, 11) is 0. The molecule has 1 heterocycles. The zero-order chi connectivity index (χ0) is 9.19. The Hall–Kier alpha value is -0.370. The van der Waals surface area contributed by atoms with Crippen LogP contribution in [0, 0.1) is 11.3 Å². The van der Waals surface area contributed by atoms with Crippen molar-refractivity contribution in [1.82, 2.24) is 5.32 Å². The molecule has 0 aromatic rings. The van der Waals surface area contributed by atoms with Gasteiger partial charge in [0.25, 0.3) is 0 Å². The van der Waals surface area contributed by atoms with Gasteiger partial charge < -0.3 is 5.32 Å². The summed E-state index contributed by atoms with van der Waals surface area (Å²) in [6, 6.07) is 0. The van der Waals surface area contributed by atoms with Crippen LogP contribution in [0.2, 0.25) is 0 Å². The Bertz CT molecular complexity index is 169. The zero-order valence-corrected chi connectivity index (χ0v) is 8.31. The minimum absolute atomic E-state index is 0.132. The van der Waals surface area contributed by atoms with Crippen LogP contribution in [0.4, 0.5) is 0 Å². The van der Waals surface area contributed by atoms with Gasteiger partial charge in [0.2, 0.25) is 0 Å². The number of nitrogens with one attached hydrogen (secondary N) is 1. The van der Waals surface area contributed by atoms with Crippen molar-refractivity contribution >= 4 is 5.78 Å². The van der Waals surface area contributed by atoms with Crippen LogP contribution in [-0.4, -0.2) is 18.9 Å². The molecular weight excluding hydrogens is 150 g/mol. The lowest BCUT2D eigenvalue weighted by molar-refractivity contribution is -0.127. The van der Waals surface area contributed by atoms with E-state index in [2.05, 4.69) is 19.2 Å². The molecule has 1 N–H and O–H groups in total. The Morgan fingerprint density at radius 1 is 1.50 bits per heavy atom. The normalized spacial score (nSPS) is 25.4. The molecule has 0 radical (unpaired) electrons. The molecule has 2 heteroatoms. The summed E-state index contributed by atoms with van der Waals surface area (Å²) in [4.78, 5) is 11.3. The number of piperidine rings is 1. The number of carbonyl (C=O) groups is 1. The molecule has 1 atom stereocenters. The zero-order valence-electron chi connectivity index (χ0n) is 8.31. The van der Waals surface area contributed by atoms with Crippen molar-refractivity contribution in [3.63, 3.8) is 0 Å². The van der Waals surface area contributed by atoms with Crippen LogP contribution in [0.3, 0.4) is 0 Å². The van der Waals surface area contributed by atoms with Crippen molar-refractivity contribution in [3.05, 3.63) is 0 Å². The number of hydrogen-bond acceptors (Lipinski definition) is 2. The minimum atomic E-state index is -0.132. The second kappa shape index (κ2) is 3.56. The third-order valence-corrected chi connectivity index (χ3v) is 3.22. The molecule has 1 saturated heterocycles. The van der Waals surface area contributed by atoms with Crippen LogP contribution in [0.5, 0.6) is 0 Å². The second-order valence-corrected chi connectivity index (χ2v) is 4.32. The maximum absolute atomic E-state index is 11.3. The van der Waals surface area contributed by atoms with Crippen molar-refractivity contribution in [2.24, 2.45) is 11.3 Å². The van der Waals surface area contributed by atoms with E-state index in [-0.39, 0.29) is 5.41 Å². The van der Waals surface area contributed by atoms with E-state index in [0.29, 0.717) is 11.7 Å². The summed E-state index contributed by atoms with van der Waals surface area (Å²) in [5.41, 5.74) is -0.132. The lowest BCUT2D eigenvalue weighted by Gasteiger charge is -2.35. The van der Waals surface area contributed by atoms with E-state index < -0.39 is 0 Å². The standard InChI is InChI=1S/C10H19NO/c1-8(12)10(2,3)9-5-4-6-11-7-9/h9,11H,4-7H2,1-3H3. The number of ketones is 1. The molecule has 0 spiro atoms. The summed E-state index contributed by atoms with van der Waals surface area (Å²) in [6.45, 7) is 7.95. The quantitative estimate of drug-likeness (QED) is 0.680. The maximum Gasteiger partial charge on any atom is 0.135 e. The van der Waals surface area contributed by atoms with Gasteiger partial charge in [-0.2, -0.15) is 0 Å². The van der Waals surface area contributed by atoms with Crippen LogP contribution in [0.25, 0.3) is 0 Å². The first-order chi connectivity index (χ1) is 5.55. The molecule has 0 aromatic carbocycles. The molecule has 1 unspecified atom stereocenters. The van der Waals surface area contributed by atoms with Crippen molar-refractivity contribution < 1.29 is 4.79 Å². The highest BCUT2D eigenvalue weighted by atomic mass is 16.1. The first-order valence-electron chi connectivity index (χ1n) is 4.77. The summed E-state index contributed by atoms with van der Waals surface area (Å²) >= 11 is 0. The van der Waals surface area contributed by atoms with Gasteiger partial charge in [-0.1, -0.05) is 13.8 Å². The van der Waals surface area contributed by atoms with Gasteiger partial charge in [-0.3, -0.25) is 4.79 Å². The predicted molar refractivity (Wildman–Crippen MR) is 50.1 cm³/mol. The van der Waals surface area contributed by atoms with Gasteiger partial charge in [-0.05, 0) is 38.8 Å². The van der Waals surface area contributed by atoms with E-state index in [0.717, 1.165) is 13.1 Å². The number of Topliss-reactive ketones (excluding diaryl/α,β-unsaturated/α-hetero) is 1. The second-order valence-electron chi connectivity index (χ2n) is 4.32. The van der Waals surface area contributed by atoms with E-state index in [4.69, 9.17) is 0 Å². The van der Waals surface area contributed by atoms with Gasteiger partial charge in [0.05, 0.1) is 0 Å². The third-order valence-electron chi connectivity index (χ3n) is 3.22. The fraction of sp³-hybridized carbons (Fsp3) is 0.900. The summed E-state index contributed by atoms with van der Waals surface area (Å²) < 4.78 is 0. The molecule has 0 aromatic heterocycles. The first kappa shape index (κ1) is 9.72. The van der Waals surface area contributed by atoms with Crippen LogP contribution < -0.4 is 5.32 Å². The molecule has 70 valence electrons.